The largest absolute Gasteiger partial charge is 0.218 e. The van der Waals surface area contributed by atoms with Gasteiger partial charge in [-0.05, 0) is 54.3 Å². The van der Waals surface area contributed by atoms with Crippen molar-refractivity contribution in [3.8, 4) is 0 Å². The lowest BCUT2D eigenvalue weighted by molar-refractivity contribution is 0.331. The minimum Gasteiger partial charge on any atom is -0.218 e. The number of sulfonamides is 1. The van der Waals surface area contributed by atoms with E-state index in [9.17, 15) is 8.42 Å². The fourth-order valence-electron chi connectivity index (χ4n) is 3.22. The van der Waals surface area contributed by atoms with Crippen LogP contribution in [0.3, 0.4) is 0 Å². The topological polar surface area (TPSA) is 46.2 Å². The summed E-state index contributed by atoms with van der Waals surface area (Å²) in [4.78, 5) is 0. The van der Waals surface area contributed by atoms with Gasteiger partial charge in [0, 0.05) is 0 Å². The third kappa shape index (κ3) is 2.88. The van der Waals surface area contributed by atoms with E-state index in [-0.39, 0.29) is 10.8 Å². The summed E-state index contributed by atoms with van der Waals surface area (Å²) in [5.74, 6) is 0. The summed E-state index contributed by atoms with van der Waals surface area (Å²) < 4.78 is 26.5. The molecular formula is C17H27NO2S. The van der Waals surface area contributed by atoms with E-state index in [1.165, 1.54) is 18.2 Å². The van der Waals surface area contributed by atoms with Gasteiger partial charge in [0.05, 0.1) is 5.25 Å². The molecule has 0 heterocycles. The summed E-state index contributed by atoms with van der Waals surface area (Å²) in [5.41, 5.74) is 3.79. The van der Waals surface area contributed by atoms with E-state index in [0.717, 1.165) is 18.4 Å². The van der Waals surface area contributed by atoms with Gasteiger partial charge in [-0.3, -0.25) is 0 Å². The van der Waals surface area contributed by atoms with Gasteiger partial charge in [-0.2, -0.15) is 0 Å². The smallest absolute Gasteiger partial charge is 0.218 e. The fraction of sp³-hybridized carbons (Fsp3) is 0.647. The summed E-state index contributed by atoms with van der Waals surface area (Å²) >= 11 is 0. The van der Waals surface area contributed by atoms with Crippen molar-refractivity contribution in [2.75, 3.05) is 7.05 Å². The molecule has 0 bridgehead atoms. The Hall–Kier alpha value is -0.870. The van der Waals surface area contributed by atoms with Gasteiger partial charge in [0.2, 0.25) is 10.0 Å². The molecule has 0 saturated carbocycles. The molecule has 0 aliphatic heterocycles. The number of nitrogens with one attached hydrogen (secondary N) is 1. The number of rotatable bonds is 3. The Morgan fingerprint density at radius 3 is 2.10 bits per heavy atom. The Kier molecular flexibility index (Phi) is 4.00. The Morgan fingerprint density at radius 2 is 1.57 bits per heavy atom. The predicted molar refractivity (Wildman–Crippen MR) is 88.1 cm³/mol. The monoisotopic (exact) mass is 309 g/mol. The molecule has 4 heteroatoms. The molecule has 0 saturated heterocycles. The number of benzene rings is 1. The standard InChI is InChI=1S/C17H27NO2S/c1-12(21(19,20)18-6)13-7-8-14-15(11-13)17(4,5)10-9-16(14,2)3/h7-8,11-12,18H,9-10H2,1-6H3. The van der Waals surface area contributed by atoms with Crippen LogP contribution in [0.25, 0.3) is 0 Å². The molecule has 1 aromatic rings. The maximum Gasteiger partial charge on any atom is 0.218 e. The first kappa shape index (κ1) is 16.5. The normalized spacial score (nSPS) is 21.6. The van der Waals surface area contributed by atoms with Crippen molar-refractivity contribution in [2.24, 2.45) is 0 Å². The van der Waals surface area contributed by atoms with Crippen LogP contribution in [0, 0.1) is 0 Å². The average molecular weight is 309 g/mol. The Labute approximate surface area is 129 Å². The van der Waals surface area contributed by atoms with Crippen LogP contribution in [0.2, 0.25) is 0 Å². The van der Waals surface area contributed by atoms with Gasteiger partial charge in [0.15, 0.2) is 0 Å². The van der Waals surface area contributed by atoms with Crippen molar-refractivity contribution < 1.29 is 8.42 Å². The van der Waals surface area contributed by atoms with Crippen LogP contribution in [0.4, 0.5) is 0 Å². The van der Waals surface area contributed by atoms with E-state index in [2.05, 4.69) is 44.5 Å². The van der Waals surface area contributed by atoms with E-state index in [1.54, 1.807) is 6.92 Å². The van der Waals surface area contributed by atoms with Gasteiger partial charge in [0.25, 0.3) is 0 Å². The van der Waals surface area contributed by atoms with Crippen molar-refractivity contribution in [2.45, 2.75) is 63.5 Å². The minimum absolute atomic E-state index is 0.101. The molecule has 0 radical (unpaired) electrons. The summed E-state index contributed by atoms with van der Waals surface area (Å²) in [6, 6.07) is 6.21. The number of hydrogen-bond acceptors (Lipinski definition) is 2. The SMILES string of the molecule is CNS(=O)(=O)C(C)c1ccc2c(c1)C(C)(C)CCC2(C)C. The predicted octanol–water partition coefficient (Wildman–Crippen LogP) is 3.65. The van der Waals surface area contributed by atoms with Crippen LogP contribution in [0.1, 0.15) is 69.4 Å². The first-order valence-corrected chi connectivity index (χ1v) is 9.13. The zero-order chi connectivity index (χ0) is 16.1. The van der Waals surface area contributed by atoms with Crippen molar-refractivity contribution in [3.63, 3.8) is 0 Å². The van der Waals surface area contributed by atoms with Crippen LogP contribution < -0.4 is 4.72 Å². The first-order chi connectivity index (χ1) is 9.51. The molecular weight excluding hydrogens is 282 g/mol. The molecule has 0 spiro atoms. The Morgan fingerprint density at radius 1 is 1.05 bits per heavy atom. The van der Waals surface area contributed by atoms with Crippen LogP contribution in [-0.4, -0.2) is 15.5 Å². The number of fused-ring (bicyclic) bond motifs is 1. The third-order valence-corrected chi connectivity index (χ3v) is 6.87. The number of hydrogen-bond donors (Lipinski definition) is 1. The van der Waals surface area contributed by atoms with E-state index in [1.807, 2.05) is 6.07 Å². The lowest BCUT2D eigenvalue weighted by atomic mass is 9.63. The van der Waals surface area contributed by atoms with Crippen LogP contribution in [-0.2, 0) is 20.9 Å². The lowest BCUT2D eigenvalue weighted by Gasteiger charge is -2.42. The van der Waals surface area contributed by atoms with Crippen LogP contribution >= 0.6 is 0 Å². The molecule has 1 unspecified atom stereocenters. The van der Waals surface area contributed by atoms with Crippen LogP contribution in [0.15, 0.2) is 18.2 Å². The molecule has 0 fully saturated rings. The molecule has 0 aromatic heterocycles. The highest BCUT2D eigenvalue weighted by Crippen LogP contribution is 2.46. The summed E-state index contributed by atoms with van der Waals surface area (Å²) in [6.45, 7) is 10.8. The van der Waals surface area contributed by atoms with Crippen molar-refractivity contribution in [1.29, 1.82) is 0 Å². The summed E-state index contributed by atoms with van der Waals surface area (Å²) in [6.07, 6.45) is 2.29. The maximum absolute atomic E-state index is 12.0. The second-order valence-corrected chi connectivity index (χ2v) is 9.67. The zero-order valence-electron chi connectivity index (χ0n) is 13.9. The van der Waals surface area contributed by atoms with Gasteiger partial charge in [-0.15, -0.1) is 0 Å². The van der Waals surface area contributed by atoms with Crippen molar-refractivity contribution >= 4 is 10.0 Å². The van der Waals surface area contributed by atoms with E-state index in [0.29, 0.717) is 0 Å². The molecule has 1 aliphatic rings. The molecule has 1 N–H and O–H groups in total. The van der Waals surface area contributed by atoms with Crippen LogP contribution in [0.5, 0.6) is 0 Å². The third-order valence-electron chi connectivity index (χ3n) is 5.10. The molecule has 118 valence electrons. The van der Waals surface area contributed by atoms with Crippen molar-refractivity contribution in [1.82, 2.24) is 4.72 Å². The second kappa shape index (κ2) is 5.10. The Bertz CT molecular complexity index is 645. The van der Waals surface area contributed by atoms with E-state index in [4.69, 9.17) is 0 Å². The van der Waals surface area contributed by atoms with Crippen molar-refractivity contribution in [3.05, 3.63) is 34.9 Å². The Balaban J connectivity index is 2.57. The zero-order valence-corrected chi connectivity index (χ0v) is 14.8. The van der Waals surface area contributed by atoms with Gasteiger partial charge >= 0.3 is 0 Å². The van der Waals surface area contributed by atoms with Gasteiger partial charge < -0.3 is 0 Å². The van der Waals surface area contributed by atoms with Gasteiger partial charge in [-0.1, -0.05) is 45.9 Å². The molecule has 21 heavy (non-hydrogen) atoms. The lowest BCUT2D eigenvalue weighted by Crippen LogP contribution is -2.34. The maximum atomic E-state index is 12.0. The molecule has 0 amide bonds. The highest BCUT2D eigenvalue weighted by Gasteiger charge is 2.37. The van der Waals surface area contributed by atoms with Gasteiger partial charge in [0.1, 0.15) is 0 Å². The second-order valence-electron chi connectivity index (χ2n) is 7.46. The summed E-state index contributed by atoms with van der Waals surface area (Å²) in [7, 11) is -1.82. The molecule has 1 aromatic carbocycles. The molecule has 1 aliphatic carbocycles. The fourth-order valence-corrected chi connectivity index (χ4v) is 4.07. The molecule has 1 atom stereocenters. The van der Waals surface area contributed by atoms with E-state index < -0.39 is 15.3 Å². The highest BCUT2D eigenvalue weighted by atomic mass is 32.2. The first-order valence-electron chi connectivity index (χ1n) is 7.58. The minimum atomic E-state index is -3.29. The average Bonchev–Trinajstić information content (AvgIpc) is 2.43. The molecule has 3 nitrogen and oxygen atoms in total. The quantitative estimate of drug-likeness (QED) is 0.926. The summed E-state index contributed by atoms with van der Waals surface area (Å²) in [5, 5.41) is -0.534. The molecule has 2 rings (SSSR count). The highest BCUT2D eigenvalue weighted by molar-refractivity contribution is 7.89. The van der Waals surface area contributed by atoms with Gasteiger partial charge in [-0.25, -0.2) is 13.1 Å². The van der Waals surface area contributed by atoms with E-state index >= 15 is 0 Å².